The van der Waals surface area contributed by atoms with E-state index in [2.05, 4.69) is 10.1 Å². The predicted octanol–water partition coefficient (Wildman–Crippen LogP) is 5.52. The first-order valence-electron chi connectivity index (χ1n) is 12.7. The van der Waals surface area contributed by atoms with Gasteiger partial charge in [0.1, 0.15) is 22.8 Å². The maximum Gasteiger partial charge on any atom is 0.410 e. The lowest BCUT2D eigenvalue weighted by Gasteiger charge is -2.24. The van der Waals surface area contributed by atoms with Crippen molar-refractivity contribution in [3.8, 4) is 16.9 Å². The maximum absolute atomic E-state index is 14.2. The Morgan fingerprint density at radius 3 is 2.58 bits per heavy atom. The number of carbonyl (C=O) groups excluding carboxylic acids is 1. The van der Waals surface area contributed by atoms with E-state index in [0.717, 1.165) is 39.4 Å². The summed E-state index contributed by atoms with van der Waals surface area (Å²) in [6, 6.07) is 8.47. The zero-order chi connectivity index (χ0) is 27.6. The van der Waals surface area contributed by atoms with Crippen molar-refractivity contribution in [2.45, 2.75) is 53.1 Å². The third kappa shape index (κ3) is 6.15. The fourth-order valence-corrected chi connectivity index (χ4v) is 4.39. The van der Waals surface area contributed by atoms with Gasteiger partial charge in [-0.05, 0) is 64.4 Å². The number of fused-ring (bicyclic) bond motifs is 1. The first-order chi connectivity index (χ1) is 17.9. The van der Waals surface area contributed by atoms with Crippen molar-refractivity contribution in [3.63, 3.8) is 0 Å². The molecule has 0 aliphatic carbocycles. The van der Waals surface area contributed by atoms with E-state index in [1.165, 1.54) is 12.1 Å². The Bertz CT molecular complexity index is 1450. The van der Waals surface area contributed by atoms with E-state index in [-0.39, 0.29) is 11.9 Å². The van der Waals surface area contributed by atoms with Gasteiger partial charge in [0.15, 0.2) is 0 Å². The highest BCUT2D eigenvalue weighted by atomic mass is 19.1. The van der Waals surface area contributed by atoms with Crippen molar-refractivity contribution in [1.82, 2.24) is 24.1 Å². The summed E-state index contributed by atoms with van der Waals surface area (Å²) in [5, 5.41) is 4.46. The smallest absolute Gasteiger partial charge is 0.410 e. The summed E-state index contributed by atoms with van der Waals surface area (Å²) in [4.78, 5) is 18.4. The maximum atomic E-state index is 14.2. The number of rotatable bonds is 8. The zero-order valence-electron chi connectivity index (χ0n) is 23.2. The van der Waals surface area contributed by atoms with Gasteiger partial charge >= 0.3 is 6.09 Å². The molecule has 0 fully saturated rings. The van der Waals surface area contributed by atoms with Crippen molar-refractivity contribution in [2.75, 3.05) is 20.2 Å². The van der Waals surface area contributed by atoms with Crippen LogP contribution in [0.3, 0.4) is 0 Å². The molecule has 4 aromatic rings. The molecule has 0 aliphatic rings. The number of benzene rings is 1. The van der Waals surface area contributed by atoms with Gasteiger partial charge in [-0.2, -0.15) is 5.10 Å². The van der Waals surface area contributed by atoms with E-state index < -0.39 is 5.60 Å². The second-order valence-corrected chi connectivity index (χ2v) is 10.6. The molecule has 0 saturated heterocycles. The van der Waals surface area contributed by atoms with Crippen molar-refractivity contribution in [1.29, 1.82) is 0 Å². The topological polar surface area (TPSA) is 73.9 Å². The predicted molar refractivity (Wildman–Crippen MR) is 145 cm³/mol. The van der Waals surface area contributed by atoms with E-state index in [0.29, 0.717) is 31.7 Å². The van der Waals surface area contributed by atoms with E-state index >= 15 is 0 Å². The summed E-state index contributed by atoms with van der Waals surface area (Å²) in [6.45, 7) is 10.4. The number of likely N-dealkylation sites (N-methyl/N-ethyl adjacent to an activating group) is 1. The molecule has 0 spiro atoms. The monoisotopic (exact) mass is 521 g/mol. The quantitative estimate of drug-likeness (QED) is 0.305. The Morgan fingerprint density at radius 1 is 1.13 bits per heavy atom. The highest BCUT2D eigenvalue weighted by molar-refractivity contribution is 5.71. The van der Waals surface area contributed by atoms with Gasteiger partial charge in [-0.15, -0.1) is 0 Å². The van der Waals surface area contributed by atoms with Crippen molar-refractivity contribution < 1.29 is 18.7 Å². The number of amides is 1. The number of nitrogens with zero attached hydrogens (tertiary/aromatic N) is 5. The highest BCUT2D eigenvalue weighted by Crippen LogP contribution is 2.31. The van der Waals surface area contributed by atoms with Crippen LogP contribution in [0.25, 0.3) is 16.8 Å². The van der Waals surface area contributed by atoms with Gasteiger partial charge < -0.3 is 18.8 Å². The minimum absolute atomic E-state index is 0.355. The Balaban J connectivity index is 1.52. The van der Waals surface area contributed by atoms with Crippen LogP contribution < -0.4 is 4.74 Å². The first kappa shape index (κ1) is 27.2. The molecule has 3 heterocycles. The van der Waals surface area contributed by atoms with Crippen LogP contribution in [0.2, 0.25) is 0 Å². The molecule has 0 atom stereocenters. The Hall–Kier alpha value is -3.88. The molecule has 0 bridgehead atoms. The molecular weight excluding hydrogens is 485 g/mol. The molecule has 3 aromatic heterocycles. The molecule has 0 aliphatic heterocycles. The molecule has 0 saturated carbocycles. The first-order valence-corrected chi connectivity index (χ1v) is 12.7. The van der Waals surface area contributed by atoms with E-state index in [4.69, 9.17) is 9.47 Å². The molecule has 1 amide bonds. The Labute approximate surface area is 223 Å². The summed E-state index contributed by atoms with van der Waals surface area (Å²) in [5.41, 5.74) is 6.07. The molecular formula is C29H36FN5O3. The normalized spacial score (nSPS) is 11.7. The number of aromatic nitrogens is 4. The minimum Gasteiger partial charge on any atom is -0.492 e. The van der Waals surface area contributed by atoms with Crippen LogP contribution in [-0.4, -0.2) is 56.0 Å². The van der Waals surface area contributed by atoms with Gasteiger partial charge in [0.2, 0.25) is 0 Å². The Kier molecular flexibility index (Phi) is 7.76. The van der Waals surface area contributed by atoms with Crippen LogP contribution in [0, 0.1) is 19.7 Å². The molecule has 0 N–H and O–H groups in total. The minimum atomic E-state index is -0.547. The van der Waals surface area contributed by atoms with Crippen molar-refractivity contribution >= 4 is 11.7 Å². The van der Waals surface area contributed by atoms with Gasteiger partial charge in [0.05, 0.1) is 12.3 Å². The zero-order valence-corrected chi connectivity index (χ0v) is 23.2. The number of halogens is 1. The lowest BCUT2D eigenvalue weighted by Crippen LogP contribution is -2.35. The van der Waals surface area contributed by atoms with Gasteiger partial charge in [-0.25, -0.2) is 14.2 Å². The average Bonchev–Trinajstić information content (AvgIpc) is 3.36. The summed E-state index contributed by atoms with van der Waals surface area (Å²) in [5.74, 6) is 0.127. The van der Waals surface area contributed by atoms with Crippen LogP contribution in [0.1, 0.15) is 43.4 Å². The lowest BCUT2D eigenvalue weighted by molar-refractivity contribution is 0.0300. The van der Waals surface area contributed by atoms with Crippen molar-refractivity contribution in [3.05, 3.63) is 71.2 Å². The summed E-state index contributed by atoms with van der Waals surface area (Å²) < 4.78 is 29.6. The van der Waals surface area contributed by atoms with Crippen molar-refractivity contribution in [2.24, 2.45) is 7.05 Å². The van der Waals surface area contributed by atoms with Crippen LogP contribution >= 0.6 is 0 Å². The Morgan fingerprint density at radius 2 is 1.89 bits per heavy atom. The molecule has 38 heavy (non-hydrogen) atoms. The molecule has 4 rings (SSSR count). The number of hydrogen-bond acceptors (Lipinski definition) is 5. The van der Waals surface area contributed by atoms with Crippen LogP contribution in [0.15, 0.2) is 42.7 Å². The van der Waals surface area contributed by atoms with Gasteiger partial charge in [-0.3, -0.25) is 4.68 Å². The molecule has 9 heteroatoms. The molecule has 0 radical (unpaired) electrons. The second kappa shape index (κ2) is 10.8. The molecule has 0 unspecified atom stereocenters. The van der Waals surface area contributed by atoms with E-state index in [1.807, 2.05) is 75.3 Å². The fourth-order valence-electron chi connectivity index (χ4n) is 4.39. The van der Waals surface area contributed by atoms with E-state index in [9.17, 15) is 9.18 Å². The third-order valence-corrected chi connectivity index (χ3v) is 6.51. The van der Waals surface area contributed by atoms with Crippen LogP contribution in [0.5, 0.6) is 5.75 Å². The molecule has 202 valence electrons. The van der Waals surface area contributed by atoms with Gasteiger partial charge in [-0.1, -0.05) is 0 Å². The van der Waals surface area contributed by atoms with Crippen LogP contribution in [0.4, 0.5) is 9.18 Å². The number of hydrogen-bond donors (Lipinski definition) is 0. The van der Waals surface area contributed by atoms with Gasteiger partial charge in [0, 0.05) is 74.5 Å². The summed E-state index contributed by atoms with van der Waals surface area (Å²) in [7, 11) is 3.65. The molecule has 1 aromatic carbocycles. The highest BCUT2D eigenvalue weighted by Gasteiger charge is 2.20. The number of pyridine rings is 1. The SMILES string of the molecule is Cc1nn(C)c(C)c1CCOc1cc(F)ccc1-c1ccc2ncc(CCN(C)C(=O)OC(C)(C)C)n2c1. The third-order valence-electron chi connectivity index (χ3n) is 6.51. The summed E-state index contributed by atoms with van der Waals surface area (Å²) in [6.07, 6.45) is 4.69. The number of aryl methyl sites for hydroxylation is 2. The molecule has 8 nitrogen and oxygen atoms in total. The van der Waals surface area contributed by atoms with Gasteiger partial charge in [0.25, 0.3) is 0 Å². The summed E-state index contributed by atoms with van der Waals surface area (Å²) >= 11 is 0. The number of imidazole rings is 1. The second-order valence-electron chi connectivity index (χ2n) is 10.6. The fraction of sp³-hybridized carbons (Fsp3) is 0.414. The lowest BCUT2D eigenvalue weighted by atomic mass is 10.1. The number of ether oxygens (including phenoxy) is 2. The average molecular weight is 522 g/mol. The van der Waals surface area contributed by atoms with Crippen LogP contribution in [-0.2, 0) is 24.6 Å². The standard InChI is InChI=1S/C29H36FN5O3/c1-19-24(20(2)34(7)32-19)13-15-37-26-16-22(30)9-10-25(26)21-8-11-27-31-17-23(35(27)18-21)12-14-33(6)28(36)38-29(3,4)5/h8-11,16-18H,12-15H2,1-7H3. The number of carbonyl (C=O) groups is 1. The largest absolute Gasteiger partial charge is 0.492 e. The van der Waals surface area contributed by atoms with E-state index in [1.54, 1.807) is 18.0 Å².